The molecule has 0 amide bonds. The lowest BCUT2D eigenvalue weighted by Crippen LogP contribution is -2.04. The summed E-state index contributed by atoms with van der Waals surface area (Å²) < 4.78 is 17.5. The summed E-state index contributed by atoms with van der Waals surface area (Å²) in [5.41, 5.74) is 12.8. The van der Waals surface area contributed by atoms with Crippen molar-refractivity contribution in [3.8, 4) is 46.1 Å². The van der Waals surface area contributed by atoms with Crippen molar-refractivity contribution in [3.63, 3.8) is 0 Å². The fraction of sp³-hybridized carbons (Fsp3) is 0.159. The van der Waals surface area contributed by atoms with Gasteiger partial charge in [0.05, 0.1) is 47.3 Å². The number of hydrogen-bond donors (Lipinski definition) is 0. The lowest BCUT2D eigenvalue weighted by atomic mass is 10.0. The molecule has 9 aromatic rings. The van der Waals surface area contributed by atoms with Crippen LogP contribution in [0, 0.1) is 6.92 Å². The van der Waals surface area contributed by atoms with E-state index < -0.39 is 0 Å². The molecule has 0 aliphatic heterocycles. The van der Waals surface area contributed by atoms with E-state index in [2.05, 4.69) is 67.2 Å². The zero-order valence-electron chi connectivity index (χ0n) is 30.8. The lowest BCUT2D eigenvalue weighted by Gasteiger charge is -2.12. The van der Waals surface area contributed by atoms with Gasteiger partial charge in [-0.05, 0) is 102 Å². The number of hydrogen-bond acceptors (Lipinski definition) is 7. The minimum atomic E-state index is 0.558. The van der Waals surface area contributed by atoms with Crippen molar-refractivity contribution in [2.45, 2.75) is 19.9 Å². The summed E-state index contributed by atoms with van der Waals surface area (Å²) in [6.07, 6.45) is 2.64. The third-order valence-electron chi connectivity index (χ3n) is 10.1. The van der Waals surface area contributed by atoms with Gasteiger partial charge in [0.25, 0.3) is 0 Å². The third-order valence-corrected chi connectivity index (χ3v) is 10.1. The summed E-state index contributed by atoms with van der Waals surface area (Å²) in [4.78, 5) is 24.9. The standard InChI is InChI=1S/C44H38N8O2/c1-27-13-16-34(45-25-27)42-48-37-22-28(14-17-39(37)50(42)2)19-29-15-18-40-38(23-29)49-43(51(40)3)35-10-8-11-36(46-35)44-47-33-9-6-7-12-41(33)52(44)26-30-20-31(53-4)24-32(21-30)54-5/h6-18,20-25H,19,26H2,1-5H3. The second kappa shape index (κ2) is 13.3. The van der Waals surface area contributed by atoms with Gasteiger partial charge in [-0.25, -0.2) is 19.9 Å². The van der Waals surface area contributed by atoms with Crippen LogP contribution in [0.25, 0.3) is 67.7 Å². The highest BCUT2D eigenvalue weighted by atomic mass is 16.5. The van der Waals surface area contributed by atoms with Crippen LogP contribution in [0.4, 0.5) is 0 Å². The van der Waals surface area contributed by atoms with Crippen LogP contribution in [-0.2, 0) is 27.1 Å². The Morgan fingerprint density at radius 3 is 1.76 bits per heavy atom. The highest BCUT2D eigenvalue weighted by Crippen LogP contribution is 2.31. The Morgan fingerprint density at radius 2 is 1.13 bits per heavy atom. The molecular formula is C44H38N8O2. The van der Waals surface area contributed by atoms with Crippen LogP contribution < -0.4 is 9.47 Å². The maximum atomic E-state index is 5.56. The van der Waals surface area contributed by atoms with Gasteiger partial charge in [0.15, 0.2) is 17.5 Å². The number of pyridine rings is 2. The summed E-state index contributed by atoms with van der Waals surface area (Å²) in [7, 11) is 7.41. The van der Waals surface area contributed by atoms with Crippen molar-refractivity contribution >= 4 is 33.1 Å². The van der Waals surface area contributed by atoms with Crippen LogP contribution >= 0.6 is 0 Å². The van der Waals surface area contributed by atoms with Gasteiger partial charge in [-0.1, -0.05) is 36.4 Å². The Morgan fingerprint density at radius 1 is 0.519 bits per heavy atom. The number of methoxy groups -OCH3 is 2. The molecule has 0 atom stereocenters. The molecule has 10 heteroatoms. The van der Waals surface area contributed by atoms with Crippen LogP contribution in [0.2, 0.25) is 0 Å². The summed E-state index contributed by atoms with van der Waals surface area (Å²) in [6.45, 7) is 2.60. The zero-order chi connectivity index (χ0) is 36.9. The number of rotatable bonds is 9. The predicted octanol–water partition coefficient (Wildman–Crippen LogP) is 8.57. The average molecular weight is 711 g/mol. The molecule has 0 aliphatic carbocycles. The van der Waals surface area contributed by atoms with Crippen molar-refractivity contribution in [2.75, 3.05) is 14.2 Å². The maximum absolute atomic E-state index is 5.56. The van der Waals surface area contributed by atoms with Crippen molar-refractivity contribution in [1.29, 1.82) is 0 Å². The Balaban J connectivity index is 1.03. The predicted molar refractivity (Wildman–Crippen MR) is 213 cm³/mol. The van der Waals surface area contributed by atoms with Crippen LogP contribution in [-0.4, -0.2) is 52.8 Å². The number of aryl methyl sites for hydroxylation is 3. The van der Waals surface area contributed by atoms with Gasteiger partial charge >= 0.3 is 0 Å². The van der Waals surface area contributed by atoms with E-state index in [9.17, 15) is 0 Å². The molecule has 0 aliphatic rings. The first-order valence-electron chi connectivity index (χ1n) is 17.8. The van der Waals surface area contributed by atoms with E-state index in [0.717, 1.165) is 96.7 Å². The van der Waals surface area contributed by atoms with Crippen molar-refractivity contribution in [1.82, 2.24) is 38.6 Å². The molecule has 9 rings (SSSR count). The van der Waals surface area contributed by atoms with Gasteiger partial charge in [-0.15, -0.1) is 0 Å². The first-order chi connectivity index (χ1) is 26.3. The Hall–Kier alpha value is -6.81. The molecule has 54 heavy (non-hydrogen) atoms. The lowest BCUT2D eigenvalue weighted by molar-refractivity contribution is 0.393. The molecule has 0 unspecified atom stereocenters. The average Bonchev–Trinajstić information content (AvgIpc) is 3.85. The van der Waals surface area contributed by atoms with Gasteiger partial charge in [0.2, 0.25) is 0 Å². The molecule has 4 aromatic carbocycles. The summed E-state index contributed by atoms with van der Waals surface area (Å²) in [5, 5.41) is 0. The number of benzene rings is 4. The van der Waals surface area contributed by atoms with Gasteiger partial charge in [0, 0.05) is 32.9 Å². The molecule has 0 radical (unpaired) electrons. The molecule has 0 saturated heterocycles. The SMILES string of the molecule is COc1cc(Cn2c(-c3cccc(-c4nc5cc(Cc6ccc7c(c6)nc(-c6ccc(C)cn6)n7C)ccc5n4C)n3)nc3ccccc32)cc(OC)c1. The van der Waals surface area contributed by atoms with Crippen LogP contribution in [0.3, 0.4) is 0 Å². The van der Waals surface area contributed by atoms with Gasteiger partial charge in [-0.2, -0.15) is 0 Å². The van der Waals surface area contributed by atoms with E-state index in [4.69, 9.17) is 29.4 Å². The number of aromatic nitrogens is 8. The largest absolute Gasteiger partial charge is 0.497 e. The monoisotopic (exact) mass is 710 g/mol. The fourth-order valence-corrected chi connectivity index (χ4v) is 7.26. The second-order valence-corrected chi connectivity index (χ2v) is 13.7. The Labute approximate surface area is 312 Å². The van der Waals surface area contributed by atoms with Crippen molar-refractivity contribution in [3.05, 3.63) is 138 Å². The van der Waals surface area contributed by atoms with Crippen molar-refractivity contribution in [2.24, 2.45) is 14.1 Å². The van der Waals surface area contributed by atoms with E-state index in [-0.39, 0.29) is 0 Å². The third kappa shape index (κ3) is 5.91. The summed E-state index contributed by atoms with van der Waals surface area (Å²) in [5.74, 6) is 3.89. The topological polar surface area (TPSA) is 97.7 Å². The molecule has 10 nitrogen and oxygen atoms in total. The fourth-order valence-electron chi connectivity index (χ4n) is 7.26. The minimum Gasteiger partial charge on any atom is -0.497 e. The number of ether oxygens (including phenoxy) is 2. The molecular weight excluding hydrogens is 673 g/mol. The number of fused-ring (bicyclic) bond motifs is 3. The maximum Gasteiger partial charge on any atom is 0.160 e. The molecule has 5 aromatic heterocycles. The molecule has 0 fully saturated rings. The first kappa shape index (κ1) is 33.1. The zero-order valence-corrected chi connectivity index (χ0v) is 30.8. The van der Waals surface area contributed by atoms with Gasteiger partial charge in [-0.3, -0.25) is 4.98 Å². The van der Waals surface area contributed by atoms with Crippen LogP contribution in [0.1, 0.15) is 22.3 Å². The molecule has 266 valence electrons. The second-order valence-electron chi connectivity index (χ2n) is 13.7. The summed E-state index contributed by atoms with van der Waals surface area (Å²) >= 11 is 0. The van der Waals surface area contributed by atoms with E-state index in [1.165, 1.54) is 11.1 Å². The van der Waals surface area contributed by atoms with E-state index in [1.54, 1.807) is 14.2 Å². The minimum absolute atomic E-state index is 0.558. The van der Waals surface area contributed by atoms with Crippen molar-refractivity contribution < 1.29 is 9.47 Å². The Bertz CT molecular complexity index is 2830. The van der Waals surface area contributed by atoms with Gasteiger partial charge < -0.3 is 23.2 Å². The van der Waals surface area contributed by atoms with Crippen LogP contribution in [0.15, 0.2) is 115 Å². The molecule has 0 saturated carbocycles. The molecule has 0 spiro atoms. The normalized spacial score (nSPS) is 11.6. The van der Waals surface area contributed by atoms with E-state index >= 15 is 0 Å². The van der Waals surface area contributed by atoms with E-state index in [1.807, 2.05) is 87.9 Å². The number of para-hydroxylation sites is 2. The van der Waals surface area contributed by atoms with E-state index in [0.29, 0.717) is 6.54 Å². The molecule has 0 N–H and O–H groups in total. The number of nitrogens with zero attached hydrogens (tertiary/aromatic N) is 8. The quantitative estimate of drug-likeness (QED) is 0.148. The van der Waals surface area contributed by atoms with Gasteiger partial charge in [0.1, 0.15) is 28.6 Å². The number of imidazole rings is 3. The molecule has 0 bridgehead atoms. The smallest absolute Gasteiger partial charge is 0.160 e. The van der Waals surface area contributed by atoms with Crippen LogP contribution in [0.5, 0.6) is 11.5 Å². The highest BCUT2D eigenvalue weighted by molar-refractivity contribution is 5.83. The Kier molecular flexibility index (Phi) is 8.15. The first-order valence-corrected chi connectivity index (χ1v) is 17.8. The summed E-state index contributed by atoms with van der Waals surface area (Å²) in [6, 6.07) is 37.2. The molecule has 5 heterocycles. The highest BCUT2D eigenvalue weighted by Gasteiger charge is 2.18.